The smallest absolute Gasteiger partial charge is 0.0657 e. The molecule has 2 nitrogen and oxygen atoms in total. The van der Waals surface area contributed by atoms with Gasteiger partial charge >= 0.3 is 0 Å². The van der Waals surface area contributed by atoms with Gasteiger partial charge in [-0.3, -0.25) is 0 Å². The summed E-state index contributed by atoms with van der Waals surface area (Å²) in [5.41, 5.74) is 6.41. The van der Waals surface area contributed by atoms with Crippen LogP contribution in [-0.2, 0) is 0 Å². The summed E-state index contributed by atoms with van der Waals surface area (Å²) in [5, 5.41) is 0. The van der Waals surface area contributed by atoms with Gasteiger partial charge in [0.05, 0.1) is 6.67 Å². The third-order valence-electron chi connectivity index (χ3n) is 1.34. The number of benzene rings is 1. The summed E-state index contributed by atoms with van der Waals surface area (Å²) in [6.45, 7) is 0.448. The molecule has 1 rings (SSSR count). The molecule has 1 aromatic rings. The second-order valence-electron chi connectivity index (χ2n) is 2.06. The summed E-state index contributed by atoms with van der Waals surface area (Å²) in [6.07, 6.45) is 0. The summed E-state index contributed by atoms with van der Waals surface area (Å²) in [6, 6.07) is 9.83. The first-order valence-corrected chi connectivity index (χ1v) is 3.17. The normalized spacial score (nSPS) is 9.40. The molecule has 53 valence electrons. The second-order valence-corrected chi connectivity index (χ2v) is 2.06. The number of hydrogen-bond acceptors (Lipinski definition) is 2. The summed E-state index contributed by atoms with van der Waals surface area (Å²) >= 11 is 0. The maximum Gasteiger partial charge on any atom is 0.0657 e. The molecule has 1 aromatic carbocycles. The number of nitrogens with zero attached hydrogens (tertiary/aromatic N) is 1. The predicted molar refractivity (Wildman–Crippen MR) is 43.3 cm³/mol. The van der Waals surface area contributed by atoms with Crippen molar-refractivity contribution in [1.29, 1.82) is 0 Å². The SMILES string of the molecule is [CH2]N(CN)c1ccccc1. The Hall–Kier alpha value is -1.02. The highest BCUT2D eigenvalue weighted by atomic mass is 15.1. The van der Waals surface area contributed by atoms with Crippen molar-refractivity contribution in [3.63, 3.8) is 0 Å². The second kappa shape index (κ2) is 3.22. The fourth-order valence-corrected chi connectivity index (χ4v) is 0.744. The van der Waals surface area contributed by atoms with Gasteiger partial charge < -0.3 is 10.6 Å². The molecule has 0 bridgehead atoms. The van der Waals surface area contributed by atoms with E-state index >= 15 is 0 Å². The van der Waals surface area contributed by atoms with Crippen molar-refractivity contribution in [2.75, 3.05) is 11.6 Å². The summed E-state index contributed by atoms with van der Waals surface area (Å²) in [4.78, 5) is 1.74. The molecule has 1 radical (unpaired) electrons. The van der Waals surface area contributed by atoms with Crippen LogP contribution in [0.15, 0.2) is 30.3 Å². The van der Waals surface area contributed by atoms with Crippen molar-refractivity contribution in [3.05, 3.63) is 37.4 Å². The minimum absolute atomic E-state index is 0.448. The highest BCUT2D eigenvalue weighted by molar-refractivity contribution is 5.45. The van der Waals surface area contributed by atoms with E-state index in [2.05, 4.69) is 7.05 Å². The molecule has 10 heavy (non-hydrogen) atoms. The number of rotatable bonds is 2. The largest absolute Gasteiger partial charge is 0.357 e. The maximum absolute atomic E-state index is 5.37. The highest BCUT2D eigenvalue weighted by Crippen LogP contribution is 2.09. The topological polar surface area (TPSA) is 29.3 Å². The Bertz CT molecular complexity index is 184. The minimum Gasteiger partial charge on any atom is -0.357 e. The van der Waals surface area contributed by atoms with Crippen LogP contribution in [0.4, 0.5) is 5.69 Å². The zero-order chi connectivity index (χ0) is 7.40. The molecule has 0 aliphatic rings. The molecule has 0 heterocycles. The van der Waals surface area contributed by atoms with Crippen LogP contribution in [-0.4, -0.2) is 6.67 Å². The number of para-hydroxylation sites is 1. The van der Waals surface area contributed by atoms with Crippen molar-refractivity contribution in [1.82, 2.24) is 0 Å². The van der Waals surface area contributed by atoms with E-state index in [1.54, 1.807) is 4.90 Å². The van der Waals surface area contributed by atoms with Crippen LogP contribution >= 0.6 is 0 Å². The van der Waals surface area contributed by atoms with E-state index in [1.807, 2.05) is 30.3 Å². The molecule has 0 saturated heterocycles. The molecule has 0 aliphatic carbocycles. The van der Waals surface area contributed by atoms with Crippen LogP contribution in [0, 0.1) is 7.05 Å². The Morgan fingerprint density at radius 2 is 1.90 bits per heavy atom. The van der Waals surface area contributed by atoms with Gasteiger partial charge in [-0.2, -0.15) is 0 Å². The summed E-state index contributed by atoms with van der Waals surface area (Å²) < 4.78 is 0. The van der Waals surface area contributed by atoms with Crippen LogP contribution in [0.3, 0.4) is 0 Å². The molecule has 0 atom stereocenters. The lowest BCUT2D eigenvalue weighted by molar-refractivity contribution is 0.973. The monoisotopic (exact) mass is 135 g/mol. The van der Waals surface area contributed by atoms with E-state index in [0.29, 0.717) is 6.67 Å². The summed E-state index contributed by atoms with van der Waals surface area (Å²) in [7, 11) is 3.74. The van der Waals surface area contributed by atoms with Crippen molar-refractivity contribution in [2.24, 2.45) is 5.73 Å². The molecule has 0 saturated carbocycles. The Morgan fingerprint density at radius 1 is 1.30 bits per heavy atom. The Morgan fingerprint density at radius 3 is 2.40 bits per heavy atom. The van der Waals surface area contributed by atoms with Crippen molar-refractivity contribution >= 4 is 5.69 Å². The Labute approximate surface area is 61.3 Å². The van der Waals surface area contributed by atoms with Gasteiger partial charge in [-0.15, -0.1) is 0 Å². The van der Waals surface area contributed by atoms with E-state index in [4.69, 9.17) is 5.73 Å². The number of hydrogen-bond donors (Lipinski definition) is 1. The lowest BCUT2D eigenvalue weighted by Crippen LogP contribution is -2.22. The molecule has 0 amide bonds. The van der Waals surface area contributed by atoms with Crippen molar-refractivity contribution in [2.45, 2.75) is 0 Å². The number of anilines is 1. The van der Waals surface area contributed by atoms with Gasteiger partial charge in [0.1, 0.15) is 0 Å². The van der Waals surface area contributed by atoms with E-state index in [-0.39, 0.29) is 0 Å². The third kappa shape index (κ3) is 1.48. The van der Waals surface area contributed by atoms with E-state index in [1.165, 1.54) is 0 Å². The molecule has 2 N–H and O–H groups in total. The quantitative estimate of drug-likeness (QED) is 0.617. The van der Waals surface area contributed by atoms with Gasteiger partial charge in [-0.05, 0) is 12.1 Å². The Balaban J connectivity index is 2.75. The lowest BCUT2D eigenvalue weighted by atomic mass is 10.3. The predicted octanol–water partition coefficient (Wildman–Crippen LogP) is 1.20. The van der Waals surface area contributed by atoms with E-state index < -0.39 is 0 Å². The first kappa shape index (κ1) is 7.09. The molecular weight excluding hydrogens is 124 g/mol. The summed E-state index contributed by atoms with van der Waals surface area (Å²) in [5.74, 6) is 0. The molecule has 0 aliphatic heterocycles. The van der Waals surface area contributed by atoms with Gasteiger partial charge in [0, 0.05) is 12.7 Å². The molecular formula is C8H11N2. The zero-order valence-electron chi connectivity index (χ0n) is 5.83. The minimum atomic E-state index is 0.448. The van der Waals surface area contributed by atoms with Crippen LogP contribution in [0.5, 0.6) is 0 Å². The van der Waals surface area contributed by atoms with E-state index in [9.17, 15) is 0 Å². The average Bonchev–Trinajstić information content (AvgIpc) is 2.05. The fraction of sp³-hybridized carbons (Fsp3) is 0.125. The number of nitrogens with two attached hydrogens (primary N) is 1. The van der Waals surface area contributed by atoms with Crippen molar-refractivity contribution < 1.29 is 0 Å². The fourth-order valence-electron chi connectivity index (χ4n) is 0.744. The molecule has 0 fully saturated rings. The van der Waals surface area contributed by atoms with E-state index in [0.717, 1.165) is 5.69 Å². The van der Waals surface area contributed by atoms with Crippen LogP contribution in [0.25, 0.3) is 0 Å². The van der Waals surface area contributed by atoms with Gasteiger partial charge in [0.25, 0.3) is 0 Å². The van der Waals surface area contributed by atoms with Gasteiger partial charge in [-0.1, -0.05) is 18.2 Å². The van der Waals surface area contributed by atoms with Gasteiger partial charge in [0.15, 0.2) is 0 Å². The lowest BCUT2D eigenvalue weighted by Gasteiger charge is -2.14. The molecule has 0 unspecified atom stereocenters. The third-order valence-corrected chi connectivity index (χ3v) is 1.34. The van der Waals surface area contributed by atoms with Crippen LogP contribution in [0.1, 0.15) is 0 Å². The standard InChI is InChI=1S/C8H11N2/c1-10(7-9)8-5-3-2-4-6-8/h2-6H,1,7,9H2. The molecule has 2 heteroatoms. The van der Waals surface area contributed by atoms with Gasteiger partial charge in [0.2, 0.25) is 0 Å². The first-order chi connectivity index (χ1) is 4.84. The van der Waals surface area contributed by atoms with Crippen LogP contribution < -0.4 is 10.6 Å². The molecule has 0 spiro atoms. The van der Waals surface area contributed by atoms with Crippen LogP contribution in [0.2, 0.25) is 0 Å². The first-order valence-electron chi connectivity index (χ1n) is 3.17. The van der Waals surface area contributed by atoms with Crippen molar-refractivity contribution in [3.8, 4) is 0 Å². The highest BCUT2D eigenvalue weighted by Gasteiger charge is 1.93. The zero-order valence-corrected chi connectivity index (χ0v) is 5.83. The van der Waals surface area contributed by atoms with Gasteiger partial charge in [-0.25, -0.2) is 0 Å². The average molecular weight is 135 g/mol. The Kier molecular flexibility index (Phi) is 2.29. The molecule has 0 aromatic heterocycles. The maximum atomic E-state index is 5.37.